The van der Waals surface area contributed by atoms with Crippen molar-refractivity contribution >= 4 is 21.6 Å². The van der Waals surface area contributed by atoms with Crippen LogP contribution in [-0.4, -0.2) is 65.2 Å². The quantitative estimate of drug-likeness (QED) is 0.348. The summed E-state index contributed by atoms with van der Waals surface area (Å²) in [6, 6.07) is 2.46. The molecular weight excluding hydrogens is 464 g/mol. The lowest BCUT2D eigenvalue weighted by Crippen LogP contribution is -2.31. The highest BCUT2D eigenvalue weighted by Gasteiger charge is 2.41. The molecule has 0 spiro atoms. The zero-order valence-corrected chi connectivity index (χ0v) is 18.3. The zero-order chi connectivity index (χ0) is 22.8. The van der Waals surface area contributed by atoms with Crippen LogP contribution >= 0.6 is 21.6 Å². The van der Waals surface area contributed by atoms with Gasteiger partial charge in [-0.1, -0.05) is 21.6 Å². The van der Waals surface area contributed by atoms with Crippen LogP contribution in [-0.2, 0) is 9.47 Å². The fourth-order valence-corrected chi connectivity index (χ4v) is 7.12. The van der Waals surface area contributed by atoms with Crippen LogP contribution in [0.2, 0.25) is 0 Å². The second kappa shape index (κ2) is 9.80. The van der Waals surface area contributed by atoms with Gasteiger partial charge in [-0.2, -0.15) is 0 Å². The molecule has 6 atom stereocenters. The van der Waals surface area contributed by atoms with E-state index >= 15 is 0 Å². The Kier molecular flexibility index (Phi) is 7.07. The fraction of sp³-hybridized carbons (Fsp3) is 0.556. The molecule has 0 unspecified atom stereocenters. The fourth-order valence-electron chi connectivity index (χ4n) is 3.72. The lowest BCUT2D eigenvalue weighted by Gasteiger charge is -2.19. The number of aromatic nitrogens is 4. The minimum Gasteiger partial charge on any atom is -0.394 e. The predicted molar refractivity (Wildman–Crippen MR) is 117 cm³/mol. The van der Waals surface area contributed by atoms with Crippen LogP contribution < -0.4 is 22.5 Å². The van der Waals surface area contributed by atoms with E-state index < -0.39 is 47.2 Å². The molecule has 0 aromatic carbocycles. The van der Waals surface area contributed by atoms with Crippen molar-refractivity contribution in [1.29, 1.82) is 0 Å². The highest BCUT2D eigenvalue weighted by molar-refractivity contribution is 8.77. The molecule has 2 aromatic heterocycles. The van der Waals surface area contributed by atoms with Gasteiger partial charge >= 0.3 is 11.4 Å². The third-order valence-corrected chi connectivity index (χ3v) is 8.76. The Labute approximate surface area is 188 Å². The first-order valence-electron chi connectivity index (χ1n) is 9.87. The normalized spacial score (nSPS) is 30.1. The van der Waals surface area contributed by atoms with Gasteiger partial charge < -0.3 is 19.7 Å². The molecular formula is C18H22N4O8S2. The maximum absolute atomic E-state index is 12.1. The first-order valence-corrected chi connectivity index (χ1v) is 12.1. The third kappa shape index (κ3) is 4.79. The van der Waals surface area contributed by atoms with Gasteiger partial charge in [-0.15, -0.1) is 0 Å². The van der Waals surface area contributed by atoms with Crippen molar-refractivity contribution in [3.8, 4) is 0 Å². The number of hydrogen-bond donors (Lipinski definition) is 4. The minimum atomic E-state index is -0.629. The van der Waals surface area contributed by atoms with E-state index in [2.05, 4.69) is 9.97 Å². The SMILES string of the molecule is O=c1ccn([C@H]2C[C@H](SS[C@H]3C[C@H](n4ccc(=O)[nH]c4=O)O[C@@H]3CO)[C@@H](CO)O2)c(=O)[nH]1. The Morgan fingerprint density at radius 3 is 1.56 bits per heavy atom. The number of ether oxygens (including phenoxy) is 2. The molecule has 174 valence electrons. The Balaban J connectivity index is 1.42. The first kappa shape index (κ1) is 23.1. The molecule has 0 amide bonds. The van der Waals surface area contributed by atoms with Gasteiger partial charge in [0, 0.05) is 47.9 Å². The maximum Gasteiger partial charge on any atom is 0.330 e. The van der Waals surface area contributed by atoms with E-state index in [4.69, 9.17) is 9.47 Å². The standard InChI is InChI=1S/C18H22N4O8S2/c23-7-9-11(5-15(29-9)21-3-1-13(25)19-17(21)27)31-32-12-6-16(30-10(12)8-24)22-4-2-14(26)20-18(22)28/h1-4,9-12,15-16,23-24H,5-8H2,(H,19,25,27)(H,20,26,28)/t9-,10-,11+,12+,15-,16-/m1/s1. The van der Waals surface area contributed by atoms with Gasteiger partial charge in [-0.05, 0) is 0 Å². The van der Waals surface area contributed by atoms with Gasteiger partial charge in [0.2, 0.25) is 0 Å². The number of nitrogens with zero attached hydrogens (tertiary/aromatic N) is 2. The molecule has 2 saturated heterocycles. The zero-order valence-electron chi connectivity index (χ0n) is 16.7. The highest BCUT2D eigenvalue weighted by atomic mass is 33.1. The Bertz CT molecular complexity index is 1090. The van der Waals surface area contributed by atoms with Crippen LogP contribution in [0.1, 0.15) is 25.3 Å². The van der Waals surface area contributed by atoms with Crippen molar-refractivity contribution in [2.24, 2.45) is 0 Å². The molecule has 4 rings (SSSR count). The van der Waals surface area contributed by atoms with Gasteiger partial charge in [-0.3, -0.25) is 28.7 Å². The highest BCUT2D eigenvalue weighted by Crippen LogP contribution is 2.47. The molecule has 4 N–H and O–H groups in total. The monoisotopic (exact) mass is 486 g/mol. The first-order chi connectivity index (χ1) is 15.4. The van der Waals surface area contributed by atoms with Crippen LogP contribution in [0.3, 0.4) is 0 Å². The van der Waals surface area contributed by atoms with Crippen molar-refractivity contribution in [3.05, 3.63) is 66.2 Å². The summed E-state index contributed by atoms with van der Waals surface area (Å²) >= 11 is 0. The van der Waals surface area contributed by atoms with Crippen LogP contribution in [0.5, 0.6) is 0 Å². The Morgan fingerprint density at radius 2 is 1.22 bits per heavy atom. The average Bonchev–Trinajstić information content (AvgIpc) is 3.35. The van der Waals surface area contributed by atoms with Gasteiger partial charge in [0.15, 0.2) is 0 Å². The van der Waals surface area contributed by atoms with E-state index in [1.54, 1.807) is 0 Å². The molecule has 2 fully saturated rings. The maximum atomic E-state index is 12.1. The number of H-pyrrole nitrogens is 2. The van der Waals surface area contributed by atoms with E-state index in [0.717, 1.165) is 0 Å². The van der Waals surface area contributed by atoms with Crippen molar-refractivity contribution < 1.29 is 19.7 Å². The molecule has 12 nitrogen and oxygen atoms in total. The number of nitrogens with one attached hydrogen (secondary N) is 2. The van der Waals surface area contributed by atoms with Gasteiger partial charge in [0.1, 0.15) is 12.5 Å². The number of rotatable bonds is 7. The number of aliphatic hydroxyl groups is 2. The van der Waals surface area contributed by atoms with Crippen LogP contribution in [0, 0.1) is 0 Å². The van der Waals surface area contributed by atoms with E-state index in [1.807, 2.05) is 0 Å². The van der Waals surface area contributed by atoms with Crippen LogP contribution in [0.25, 0.3) is 0 Å². The molecule has 32 heavy (non-hydrogen) atoms. The molecule has 0 saturated carbocycles. The van der Waals surface area contributed by atoms with Gasteiger partial charge in [0.25, 0.3) is 11.1 Å². The summed E-state index contributed by atoms with van der Waals surface area (Å²) in [5.74, 6) is 0. The molecule has 2 aromatic rings. The topological polar surface area (TPSA) is 169 Å². The van der Waals surface area contributed by atoms with E-state index in [1.165, 1.54) is 55.2 Å². The summed E-state index contributed by atoms with van der Waals surface area (Å²) < 4.78 is 14.2. The van der Waals surface area contributed by atoms with Crippen LogP contribution in [0.15, 0.2) is 43.7 Å². The lowest BCUT2D eigenvalue weighted by atomic mass is 10.2. The Morgan fingerprint density at radius 1 is 0.812 bits per heavy atom. The molecule has 0 bridgehead atoms. The number of hydrogen-bond acceptors (Lipinski definition) is 10. The Hall–Kier alpha value is -2.10. The van der Waals surface area contributed by atoms with Crippen molar-refractivity contribution in [2.45, 2.75) is 48.0 Å². The van der Waals surface area contributed by atoms with E-state index in [9.17, 15) is 29.4 Å². The molecule has 2 aliphatic rings. The van der Waals surface area contributed by atoms with Crippen molar-refractivity contribution in [1.82, 2.24) is 19.1 Å². The van der Waals surface area contributed by atoms with Crippen molar-refractivity contribution in [2.75, 3.05) is 13.2 Å². The lowest BCUT2D eigenvalue weighted by molar-refractivity contribution is -0.0239. The molecule has 2 aliphatic heterocycles. The second-order valence-electron chi connectivity index (χ2n) is 7.40. The van der Waals surface area contributed by atoms with E-state index in [-0.39, 0.29) is 23.7 Å². The smallest absolute Gasteiger partial charge is 0.330 e. The predicted octanol–water partition coefficient (Wildman–Crippen LogP) is -1.23. The van der Waals surface area contributed by atoms with Crippen LogP contribution in [0.4, 0.5) is 0 Å². The molecule has 14 heteroatoms. The summed E-state index contributed by atoms with van der Waals surface area (Å²) in [6.07, 6.45) is 1.27. The molecule has 0 radical (unpaired) electrons. The van der Waals surface area contributed by atoms with E-state index in [0.29, 0.717) is 12.8 Å². The average molecular weight is 487 g/mol. The molecule has 4 heterocycles. The molecule has 0 aliphatic carbocycles. The number of aromatic amines is 2. The summed E-state index contributed by atoms with van der Waals surface area (Å²) in [4.78, 5) is 51.1. The summed E-state index contributed by atoms with van der Waals surface area (Å²) in [6.45, 7) is -0.486. The van der Waals surface area contributed by atoms with Gasteiger partial charge in [0.05, 0.1) is 25.4 Å². The number of aliphatic hydroxyl groups excluding tert-OH is 2. The van der Waals surface area contributed by atoms with Gasteiger partial charge in [-0.25, -0.2) is 9.59 Å². The minimum absolute atomic E-state index is 0.164. The summed E-state index contributed by atoms with van der Waals surface area (Å²) in [5.41, 5.74) is -2.18. The second-order valence-corrected chi connectivity index (χ2v) is 10.1. The summed E-state index contributed by atoms with van der Waals surface area (Å²) in [5, 5.41) is 19.1. The third-order valence-electron chi connectivity index (χ3n) is 5.35. The van der Waals surface area contributed by atoms with Crippen molar-refractivity contribution in [3.63, 3.8) is 0 Å². The summed E-state index contributed by atoms with van der Waals surface area (Å²) in [7, 11) is 2.90. The largest absolute Gasteiger partial charge is 0.394 e.